The number of non-ortho nitro benzene ring substituents is 1. The van der Waals surface area contributed by atoms with Gasteiger partial charge >= 0.3 is 0 Å². The molecule has 0 radical (unpaired) electrons. The summed E-state index contributed by atoms with van der Waals surface area (Å²) in [5.74, 6) is -0.508. The van der Waals surface area contributed by atoms with Gasteiger partial charge in [0.15, 0.2) is 0 Å². The molecule has 0 atom stereocenters. The molecule has 8 nitrogen and oxygen atoms in total. The highest BCUT2D eigenvalue weighted by Gasteiger charge is 2.25. The van der Waals surface area contributed by atoms with Crippen molar-refractivity contribution >= 4 is 27.3 Å². The number of hydrogen-bond acceptors (Lipinski definition) is 5. The number of rotatable bonds is 5. The van der Waals surface area contributed by atoms with Gasteiger partial charge < -0.3 is 5.32 Å². The van der Waals surface area contributed by atoms with Crippen LogP contribution in [0, 0.1) is 10.1 Å². The van der Waals surface area contributed by atoms with E-state index >= 15 is 0 Å². The van der Waals surface area contributed by atoms with Crippen molar-refractivity contribution in [3.05, 3.63) is 64.2 Å². The maximum Gasteiger partial charge on any atom is 0.270 e. The summed E-state index contributed by atoms with van der Waals surface area (Å²) in [7, 11) is -3.55. The summed E-state index contributed by atoms with van der Waals surface area (Å²) in [6, 6.07) is 11.4. The molecule has 1 fully saturated rings. The summed E-state index contributed by atoms with van der Waals surface area (Å²) in [5, 5.41) is 13.5. The minimum Gasteiger partial charge on any atom is -0.322 e. The number of sulfonamides is 1. The molecule has 1 aliphatic heterocycles. The van der Waals surface area contributed by atoms with Crippen molar-refractivity contribution in [1.29, 1.82) is 0 Å². The van der Waals surface area contributed by atoms with Gasteiger partial charge in [0.2, 0.25) is 10.0 Å². The Kier molecular flexibility index (Phi) is 6.05. The zero-order valence-electron chi connectivity index (χ0n) is 15.2. The van der Waals surface area contributed by atoms with Crippen molar-refractivity contribution in [3.8, 4) is 0 Å². The van der Waals surface area contributed by atoms with Crippen molar-refractivity contribution in [2.24, 2.45) is 0 Å². The fourth-order valence-electron chi connectivity index (χ4n) is 3.11. The summed E-state index contributed by atoms with van der Waals surface area (Å²) in [6.07, 6.45) is 3.79. The first-order valence-corrected chi connectivity index (χ1v) is 10.5. The molecule has 9 heteroatoms. The van der Waals surface area contributed by atoms with Crippen LogP contribution >= 0.6 is 0 Å². The van der Waals surface area contributed by atoms with E-state index in [0.29, 0.717) is 18.8 Å². The molecule has 28 heavy (non-hydrogen) atoms. The molecule has 0 saturated carbocycles. The number of carbonyl (C=O) groups excluding carboxylic acids is 1. The largest absolute Gasteiger partial charge is 0.322 e. The second kappa shape index (κ2) is 8.49. The van der Waals surface area contributed by atoms with Crippen LogP contribution in [0.5, 0.6) is 0 Å². The van der Waals surface area contributed by atoms with E-state index in [9.17, 15) is 23.3 Å². The first-order chi connectivity index (χ1) is 13.4. The molecule has 2 aromatic rings. The standard InChI is InChI=1S/C19H21N3O5S/c23-19(15-6-5-7-17(14-15)22(24)25)20-16-8-10-18(11-9-16)28(26,27)21-12-3-1-2-4-13-21/h5-11,14H,1-4,12-13H2,(H,20,23). The number of anilines is 1. The zero-order valence-corrected chi connectivity index (χ0v) is 16.0. The minimum atomic E-state index is -3.55. The Bertz CT molecular complexity index is 965. The summed E-state index contributed by atoms with van der Waals surface area (Å²) in [6.45, 7) is 1.04. The molecule has 1 heterocycles. The molecule has 0 aliphatic carbocycles. The molecule has 1 aliphatic rings. The van der Waals surface area contributed by atoms with E-state index in [1.54, 1.807) is 0 Å². The van der Waals surface area contributed by atoms with Crippen LogP contribution in [0.2, 0.25) is 0 Å². The molecule has 1 N–H and O–H groups in total. The summed E-state index contributed by atoms with van der Waals surface area (Å²) >= 11 is 0. The van der Waals surface area contributed by atoms with E-state index in [1.165, 1.54) is 52.8 Å². The lowest BCUT2D eigenvalue weighted by molar-refractivity contribution is -0.384. The maximum atomic E-state index is 12.8. The fourth-order valence-corrected chi connectivity index (χ4v) is 4.62. The van der Waals surface area contributed by atoms with Crippen LogP contribution in [0.3, 0.4) is 0 Å². The van der Waals surface area contributed by atoms with Gasteiger partial charge in [-0.05, 0) is 43.2 Å². The molecule has 0 aromatic heterocycles. The van der Waals surface area contributed by atoms with Crippen LogP contribution in [0.15, 0.2) is 53.4 Å². The van der Waals surface area contributed by atoms with E-state index in [1.807, 2.05) is 0 Å². The second-order valence-electron chi connectivity index (χ2n) is 6.60. The second-order valence-corrected chi connectivity index (χ2v) is 8.54. The highest BCUT2D eigenvalue weighted by Crippen LogP contribution is 2.22. The van der Waals surface area contributed by atoms with E-state index in [4.69, 9.17) is 0 Å². The molecule has 0 bridgehead atoms. The Labute approximate surface area is 163 Å². The van der Waals surface area contributed by atoms with Gasteiger partial charge in [-0.2, -0.15) is 4.31 Å². The van der Waals surface area contributed by atoms with Gasteiger partial charge in [-0.1, -0.05) is 18.9 Å². The van der Waals surface area contributed by atoms with Gasteiger partial charge in [0.05, 0.1) is 9.82 Å². The average Bonchev–Trinajstić information content (AvgIpc) is 2.98. The van der Waals surface area contributed by atoms with Crippen molar-refractivity contribution in [2.75, 3.05) is 18.4 Å². The molecule has 148 valence electrons. The van der Waals surface area contributed by atoms with Gasteiger partial charge in [-0.3, -0.25) is 14.9 Å². The number of nitrogens with one attached hydrogen (secondary N) is 1. The zero-order chi connectivity index (χ0) is 20.1. The predicted octanol–water partition coefficient (Wildman–Crippen LogP) is 3.41. The monoisotopic (exact) mass is 403 g/mol. The first-order valence-electron chi connectivity index (χ1n) is 9.04. The molecule has 2 aromatic carbocycles. The Balaban J connectivity index is 1.73. The topological polar surface area (TPSA) is 110 Å². The number of carbonyl (C=O) groups is 1. The molecular formula is C19H21N3O5S. The predicted molar refractivity (Wildman–Crippen MR) is 105 cm³/mol. The first kappa shape index (κ1) is 20.0. The van der Waals surface area contributed by atoms with Gasteiger partial charge in [0, 0.05) is 36.5 Å². The average molecular weight is 403 g/mol. The van der Waals surface area contributed by atoms with Gasteiger partial charge in [-0.25, -0.2) is 8.42 Å². The fraction of sp³-hybridized carbons (Fsp3) is 0.316. The Morgan fingerprint density at radius 3 is 2.25 bits per heavy atom. The van der Waals surface area contributed by atoms with Crippen LogP contribution in [0.25, 0.3) is 0 Å². The lowest BCUT2D eigenvalue weighted by Crippen LogP contribution is -2.31. The summed E-state index contributed by atoms with van der Waals surface area (Å²) < 4.78 is 27.1. The molecule has 0 unspecified atom stereocenters. The number of benzene rings is 2. The Hall–Kier alpha value is -2.78. The molecule has 1 saturated heterocycles. The van der Waals surface area contributed by atoms with Gasteiger partial charge in [0.1, 0.15) is 0 Å². The smallest absolute Gasteiger partial charge is 0.270 e. The van der Waals surface area contributed by atoms with Crippen LogP contribution < -0.4 is 5.32 Å². The quantitative estimate of drug-likeness (QED) is 0.608. The third-order valence-electron chi connectivity index (χ3n) is 4.63. The van der Waals surface area contributed by atoms with Crippen molar-refractivity contribution in [2.45, 2.75) is 30.6 Å². The SMILES string of the molecule is O=C(Nc1ccc(S(=O)(=O)N2CCCCCC2)cc1)c1cccc([N+](=O)[O-])c1. The normalized spacial score (nSPS) is 15.6. The number of amides is 1. The summed E-state index contributed by atoms with van der Waals surface area (Å²) in [5.41, 5.74) is 0.383. The van der Waals surface area contributed by atoms with Crippen molar-refractivity contribution in [3.63, 3.8) is 0 Å². The number of nitro benzene ring substituents is 1. The lowest BCUT2D eigenvalue weighted by atomic mass is 10.2. The van der Waals surface area contributed by atoms with E-state index in [-0.39, 0.29) is 16.1 Å². The third kappa shape index (κ3) is 4.55. The van der Waals surface area contributed by atoms with Crippen LogP contribution in [0.1, 0.15) is 36.0 Å². The van der Waals surface area contributed by atoms with Crippen LogP contribution in [-0.4, -0.2) is 36.6 Å². The van der Waals surface area contributed by atoms with Crippen molar-refractivity contribution in [1.82, 2.24) is 4.31 Å². The van der Waals surface area contributed by atoms with E-state index < -0.39 is 20.9 Å². The Morgan fingerprint density at radius 1 is 1.00 bits per heavy atom. The number of hydrogen-bond donors (Lipinski definition) is 1. The Morgan fingerprint density at radius 2 is 1.64 bits per heavy atom. The van der Waals surface area contributed by atoms with Crippen LogP contribution in [-0.2, 0) is 10.0 Å². The number of nitro groups is 1. The molecule has 1 amide bonds. The molecule has 3 rings (SSSR count). The number of nitrogens with zero attached hydrogens (tertiary/aromatic N) is 2. The van der Waals surface area contributed by atoms with Gasteiger partial charge in [-0.15, -0.1) is 0 Å². The van der Waals surface area contributed by atoms with E-state index in [0.717, 1.165) is 25.7 Å². The molecular weight excluding hydrogens is 382 g/mol. The van der Waals surface area contributed by atoms with Crippen molar-refractivity contribution < 1.29 is 18.1 Å². The summed E-state index contributed by atoms with van der Waals surface area (Å²) in [4.78, 5) is 22.7. The minimum absolute atomic E-state index is 0.149. The third-order valence-corrected chi connectivity index (χ3v) is 6.55. The maximum absolute atomic E-state index is 12.8. The van der Waals surface area contributed by atoms with Crippen LogP contribution in [0.4, 0.5) is 11.4 Å². The molecule has 0 spiro atoms. The highest BCUT2D eigenvalue weighted by molar-refractivity contribution is 7.89. The lowest BCUT2D eigenvalue weighted by Gasteiger charge is -2.20. The van der Waals surface area contributed by atoms with E-state index in [2.05, 4.69) is 5.32 Å². The van der Waals surface area contributed by atoms with Gasteiger partial charge in [0.25, 0.3) is 11.6 Å². The highest BCUT2D eigenvalue weighted by atomic mass is 32.2.